The van der Waals surface area contributed by atoms with Gasteiger partial charge in [-0.05, 0) is 42.8 Å². The van der Waals surface area contributed by atoms with Crippen LogP contribution < -0.4 is 9.47 Å². The van der Waals surface area contributed by atoms with Crippen LogP contribution in [-0.4, -0.2) is 32.2 Å². The molecule has 7 heteroatoms. The molecule has 1 aliphatic rings. The molecule has 0 saturated carbocycles. The van der Waals surface area contributed by atoms with Crippen LogP contribution in [0.25, 0.3) is 0 Å². The molecule has 0 aliphatic carbocycles. The Balaban J connectivity index is 0. The van der Waals surface area contributed by atoms with Gasteiger partial charge < -0.3 is 9.47 Å². The summed E-state index contributed by atoms with van der Waals surface area (Å²) in [6.45, 7) is 16.7. The smallest absolute Gasteiger partial charge is 0 e. The van der Waals surface area contributed by atoms with Gasteiger partial charge in [-0.1, -0.05) is 30.3 Å². The summed E-state index contributed by atoms with van der Waals surface area (Å²) in [4.78, 5) is 2.39. The third-order valence-corrected chi connectivity index (χ3v) is 4.74. The van der Waals surface area contributed by atoms with Crippen LogP contribution in [0.4, 0.5) is 0 Å². The van der Waals surface area contributed by atoms with Crippen LogP contribution in [0.1, 0.15) is 29.5 Å². The molecule has 152 valence electrons. The number of hydrogen-bond donors (Lipinski definition) is 0. The second-order valence-corrected chi connectivity index (χ2v) is 5.95. The fraction of sp³-hybridized carbons (Fsp3) is 0.318. The Labute approximate surface area is 183 Å². The van der Waals surface area contributed by atoms with Crippen molar-refractivity contribution in [2.45, 2.75) is 25.4 Å². The van der Waals surface area contributed by atoms with E-state index < -0.39 is 0 Å². The number of hydrogen-bond acceptors (Lipinski definition) is 3. The first-order valence-corrected chi connectivity index (χ1v) is 8.27. The van der Waals surface area contributed by atoms with Crippen molar-refractivity contribution < 1.29 is 40.8 Å². The molecule has 0 unspecified atom stereocenters. The minimum Gasteiger partial charge on any atom is 0 e. The summed E-state index contributed by atoms with van der Waals surface area (Å²) in [5.74, 6) is 1.95. The van der Waals surface area contributed by atoms with Gasteiger partial charge in [-0.25, -0.2) is 0 Å². The summed E-state index contributed by atoms with van der Waals surface area (Å²) < 4.78 is 33.5. The van der Waals surface area contributed by atoms with E-state index in [0.29, 0.717) is 12.0 Å². The number of ether oxygens (including phenoxy) is 2. The Hall–Kier alpha value is -2.25. The minimum atomic E-state index is 0. The zero-order valence-corrected chi connectivity index (χ0v) is 18.1. The maximum Gasteiger partial charge on any atom is 0 e. The Morgan fingerprint density at radius 3 is 1.86 bits per heavy atom. The van der Waals surface area contributed by atoms with Crippen molar-refractivity contribution in [2.24, 2.45) is 0 Å². The first kappa shape index (κ1) is 29.0. The van der Waals surface area contributed by atoms with Crippen molar-refractivity contribution in [2.75, 3.05) is 21.3 Å². The van der Waals surface area contributed by atoms with E-state index in [2.05, 4.69) is 81.3 Å². The van der Waals surface area contributed by atoms with Gasteiger partial charge in [-0.15, -0.1) is 0 Å². The van der Waals surface area contributed by atoms with Gasteiger partial charge in [0.05, 0.1) is 14.2 Å². The molecule has 2 aromatic rings. The molecule has 2 atom stereocenters. The van der Waals surface area contributed by atoms with Gasteiger partial charge in [0, 0.05) is 35.9 Å². The second kappa shape index (κ2) is 15.6. The molecule has 0 fully saturated rings. The van der Waals surface area contributed by atoms with Crippen molar-refractivity contribution in [1.29, 1.82) is 0 Å². The number of likely N-dealkylation sites (N-methyl/N-ethyl adjacent to an activating group) is 1. The van der Waals surface area contributed by atoms with Gasteiger partial charge in [0.15, 0.2) is 11.5 Å². The average molecular weight is 433 g/mol. The number of fused-ring (bicyclic) bond motifs is 1. The summed E-state index contributed by atoms with van der Waals surface area (Å²) in [6.07, 6.45) is 0. The molecule has 0 spiro atoms. The molecule has 6 nitrogen and oxygen atoms in total. The third-order valence-electron chi connectivity index (χ3n) is 4.74. The Morgan fingerprint density at radius 2 is 1.38 bits per heavy atom. The van der Waals surface area contributed by atoms with Crippen molar-refractivity contribution in [3.8, 4) is 11.5 Å². The van der Waals surface area contributed by atoms with Crippen LogP contribution in [0.2, 0.25) is 0 Å². The summed E-state index contributed by atoms with van der Waals surface area (Å²) >= 11 is 0. The van der Waals surface area contributed by atoms with Gasteiger partial charge in [0.25, 0.3) is 0 Å². The first-order chi connectivity index (χ1) is 13.7. The van der Waals surface area contributed by atoms with Crippen LogP contribution in [-0.2, 0) is 37.9 Å². The van der Waals surface area contributed by atoms with Crippen molar-refractivity contribution in [3.63, 3.8) is 0 Å². The normalized spacial score (nSPS) is 16.3. The second-order valence-electron chi connectivity index (χ2n) is 5.95. The van der Waals surface area contributed by atoms with E-state index >= 15 is 0 Å². The van der Waals surface area contributed by atoms with E-state index in [-0.39, 0.29) is 17.4 Å². The number of methoxy groups -OCH3 is 2. The number of benzene rings is 2. The molecular formula is C22H23CrNO5. The fourth-order valence-corrected chi connectivity index (χ4v) is 3.41. The Morgan fingerprint density at radius 1 is 0.897 bits per heavy atom. The molecule has 1 aliphatic heterocycles. The summed E-state index contributed by atoms with van der Waals surface area (Å²) in [6, 6.07) is 15.4. The Bertz CT molecular complexity index is 775. The molecule has 29 heavy (non-hydrogen) atoms. The fourth-order valence-electron chi connectivity index (χ4n) is 3.41. The molecule has 0 aromatic heterocycles. The van der Waals surface area contributed by atoms with E-state index in [1.165, 1.54) is 16.7 Å². The SMILES string of the molecule is COc1cc2c(cc1OC)[C@H](c1ccccc1)[C@H](C)N(C)C2.[C-]#[O+].[C-]#[O+].[C-]#[O+].[Cr]. The predicted octanol–water partition coefficient (Wildman–Crippen LogP) is 3.55. The van der Waals surface area contributed by atoms with Gasteiger partial charge in [-0.2, -0.15) is 0 Å². The average Bonchev–Trinajstić information content (AvgIpc) is 2.78. The van der Waals surface area contributed by atoms with Crippen LogP contribution >= 0.6 is 0 Å². The van der Waals surface area contributed by atoms with Crippen molar-refractivity contribution in [1.82, 2.24) is 4.90 Å². The summed E-state index contributed by atoms with van der Waals surface area (Å²) in [5.41, 5.74) is 4.00. The first-order valence-electron chi connectivity index (χ1n) is 8.27. The summed E-state index contributed by atoms with van der Waals surface area (Å²) in [5, 5.41) is 0. The number of nitrogens with zero attached hydrogens (tertiary/aromatic N) is 1. The quantitative estimate of drug-likeness (QED) is 0.548. The van der Waals surface area contributed by atoms with E-state index in [1.54, 1.807) is 14.2 Å². The maximum absolute atomic E-state index is 7.50. The zero-order chi connectivity index (χ0) is 21.7. The van der Waals surface area contributed by atoms with Crippen molar-refractivity contribution in [3.05, 3.63) is 79.1 Å². The third kappa shape index (κ3) is 6.94. The molecule has 3 rings (SSSR count). The van der Waals surface area contributed by atoms with E-state index in [4.69, 9.17) is 23.4 Å². The molecule has 0 N–H and O–H groups in total. The van der Waals surface area contributed by atoms with Crippen LogP contribution in [0, 0.1) is 20.0 Å². The van der Waals surface area contributed by atoms with E-state index in [9.17, 15) is 0 Å². The van der Waals surface area contributed by atoms with Gasteiger partial charge >= 0.3 is 33.9 Å². The van der Waals surface area contributed by atoms with Crippen LogP contribution in [0.15, 0.2) is 42.5 Å². The van der Waals surface area contributed by atoms with Crippen LogP contribution in [0.5, 0.6) is 11.5 Å². The Kier molecular flexibility index (Phi) is 15.6. The maximum atomic E-state index is 7.50. The van der Waals surface area contributed by atoms with Crippen molar-refractivity contribution >= 4 is 0 Å². The largest absolute Gasteiger partial charge is 0 e. The van der Waals surface area contributed by atoms with Gasteiger partial charge in [-0.3, -0.25) is 4.90 Å². The molecule has 0 saturated heterocycles. The molecular weight excluding hydrogens is 410 g/mol. The minimum absolute atomic E-state index is 0. The monoisotopic (exact) mass is 433 g/mol. The topological polar surface area (TPSA) is 81.4 Å². The summed E-state index contributed by atoms with van der Waals surface area (Å²) in [7, 11) is 5.56. The van der Waals surface area contributed by atoms with Gasteiger partial charge in [0.1, 0.15) is 0 Å². The van der Waals surface area contributed by atoms with Crippen LogP contribution in [0.3, 0.4) is 0 Å². The molecule has 2 aromatic carbocycles. The van der Waals surface area contributed by atoms with E-state index in [1.807, 2.05) is 0 Å². The molecule has 1 heterocycles. The number of rotatable bonds is 3. The molecule has 0 radical (unpaired) electrons. The van der Waals surface area contributed by atoms with Gasteiger partial charge in [0.2, 0.25) is 0 Å². The standard InChI is InChI=1S/C19H23NO2.3CO.Cr/c1-13-19(14-8-6-5-7-9-14)16-11-18(22-4)17(21-3)10-15(16)12-20(13)2;3*1-2;/h5-11,13,19H,12H2,1-4H3;;;;/t13-,19-;;;;/m0..../s1. The predicted molar refractivity (Wildman–Crippen MR) is 101 cm³/mol. The zero-order valence-electron chi connectivity index (χ0n) is 16.8. The van der Waals surface area contributed by atoms with E-state index in [0.717, 1.165) is 18.0 Å². The molecule has 0 amide bonds. The molecule has 0 bridgehead atoms.